The summed E-state index contributed by atoms with van der Waals surface area (Å²) >= 11 is 0. The highest BCUT2D eigenvalue weighted by atomic mass is 16.5. The number of hydrogen-bond acceptors (Lipinski definition) is 4. The number of rotatable bonds is 6. The lowest BCUT2D eigenvalue weighted by atomic mass is 10.0. The number of furan rings is 1. The Kier molecular flexibility index (Phi) is 6.30. The summed E-state index contributed by atoms with van der Waals surface area (Å²) in [6.45, 7) is 5.38. The molecule has 0 saturated carbocycles. The van der Waals surface area contributed by atoms with E-state index in [2.05, 4.69) is 19.2 Å². The van der Waals surface area contributed by atoms with Crippen molar-refractivity contribution in [2.45, 2.75) is 33.2 Å². The molecule has 32 heavy (non-hydrogen) atoms. The molecule has 0 fully saturated rings. The minimum Gasteiger partial charge on any atom is -0.496 e. The van der Waals surface area contributed by atoms with Crippen LogP contribution in [0.5, 0.6) is 5.75 Å². The zero-order chi connectivity index (χ0) is 22.7. The molecule has 4 rings (SSSR count). The van der Waals surface area contributed by atoms with Gasteiger partial charge < -0.3 is 19.4 Å². The average Bonchev–Trinajstić information content (AvgIpc) is 3.22. The van der Waals surface area contributed by atoms with Gasteiger partial charge in [0.1, 0.15) is 17.3 Å². The van der Waals surface area contributed by atoms with E-state index < -0.39 is 0 Å². The van der Waals surface area contributed by atoms with Crippen LogP contribution in [-0.2, 0) is 17.8 Å². The lowest BCUT2D eigenvalue weighted by Crippen LogP contribution is -2.35. The molecule has 0 unspecified atom stereocenters. The highest BCUT2D eigenvalue weighted by Crippen LogP contribution is 2.31. The Labute approximate surface area is 188 Å². The third kappa shape index (κ3) is 4.69. The fourth-order valence-electron chi connectivity index (χ4n) is 3.95. The molecule has 1 aliphatic heterocycles. The molecule has 6 nitrogen and oxygen atoms in total. The number of nitrogens with zero attached hydrogens (tertiary/aromatic N) is 1. The normalized spacial score (nSPS) is 13.1. The van der Waals surface area contributed by atoms with Crippen molar-refractivity contribution in [3.05, 3.63) is 71.5 Å². The second kappa shape index (κ2) is 9.30. The van der Waals surface area contributed by atoms with Crippen molar-refractivity contribution in [1.82, 2.24) is 4.90 Å². The summed E-state index contributed by atoms with van der Waals surface area (Å²) in [5.41, 5.74) is 3.06. The van der Waals surface area contributed by atoms with Gasteiger partial charge in [-0.3, -0.25) is 9.59 Å². The first-order chi connectivity index (χ1) is 15.4. The van der Waals surface area contributed by atoms with Gasteiger partial charge in [0.2, 0.25) is 5.91 Å². The maximum atomic E-state index is 12.7. The summed E-state index contributed by atoms with van der Waals surface area (Å²) in [4.78, 5) is 27.1. The quantitative estimate of drug-likeness (QED) is 0.586. The first-order valence-corrected chi connectivity index (χ1v) is 10.9. The molecule has 2 heterocycles. The van der Waals surface area contributed by atoms with E-state index in [9.17, 15) is 9.59 Å². The maximum absolute atomic E-state index is 12.7. The van der Waals surface area contributed by atoms with Gasteiger partial charge in [-0.05, 0) is 36.2 Å². The van der Waals surface area contributed by atoms with Crippen LogP contribution in [0, 0.1) is 5.92 Å². The first kappa shape index (κ1) is 21.7. The standard InChI is InChI=1S/C26H28N2O4/c1-17(2)13-25(29)28-12-11-22-19(16-28)15-24(32-22)18-7-6-8-20(14-18)27-26(30)21-9-4-5-10-23(21)31-3/h4-10,14-15,17H,11-13,16H2,1-3H3,(H,27,30). The van der Waals surface area contributed by atoms with E-state index >= 15 is 0 Å². The van der Waals surface area contributed by atoms with Crippen molar-refractivity contribution in [2.24, 2.45) is 5.92 Å². The number of carbonyl (C=O) groups excluding carboxylic acids is 2. The molecule has 0 aliphatic carbocycles. The number of para-hydroxylation sites is 1. The van der Waals surface area contributed by atoms with Gasteiger partial charge in [-0.1, -0.05) is 38.1 Å². The Balaban J connectivity index is 1.51. The van der Waals surface area contributed by atoms with E-state index in [0.717, 1.165) is 22.6 Å². The van der Waals surface area contributed by atoms with Crippen molar-refractivity contribution in [3.63, 3.8) is 0 Å². The van der Waals surface area contributed by atoms with Gasteiger partial charge in [0.15, 0.2) is 0 Å². The Morgan fingerprint density at radius 3 is 2.72 bits per heavy atom. The predicted molar refractivity (Wildman–Crippen MR) is 124 cm³/mol. The number of methoxy groups -OCH3 is 1. The zero-order valence-electron chi connectivity index (χ0n) is 18.7. The molecule has 2 aromatic carbocycles. The van der Waals surface area contributed by atoms with E-state index in [1.54, 1.807) is 25.3 Å². The monoisotopic (exact) mass is 432 g/mol. The van der Waals surface area contributed by atoms with Crippen molar-refractivity contribution in [3.8, 4) is 17.1 Å². The van der Waals surface area contributed by atoms with Gasteiger partial charge in [0.25, 0.3) is 5.91 Å². The minimum absolute atomic E-state index is 0.189. The number of carbonyl (C=O) groups is 2. The Hall–Kier alpha value is -3.54. The molecule has 0 radical (unpaired) electrons. The molecule has 0 atom stereocenters. The topological polar surface area (TPSA) is 71.8 Å². The van der Waals surface area contributed by atoms with Gasteiger partial charge in [0.05, 0.1) is 12.7 Å². The van der Waals surface area contributed by atoms with E-state index in [1.807, 2.05) is 41.3 Å². The molecular formula is C26H28N2O4. The lowest BCUT2D eigenvalue weighted by Gasteiger charge is -2.26. The Morgan fingerprint density at radius 2 is 1.94 bits per heavy atom. The second-order valence-electron chi connectivity index (χ2n) is 8.46. The Bertz CT molecular complexity index is 1130. The van der Waals surface area contributed by atoms with E-state index in [1.165, 1.54) is 0 Å². The first-order valence-electron chi connectivity index (χ1n) is 10.9. The van der Waals surface area contributed by atoms with Crippen LogP contribution in [-0.4, -0.2) is 30.4 Å². The molecule has 1 N–H and O–H groups in total. The maximum Gasteiger partial charge on any atom is 0.259 e. The minimum atomic E-state index is -0.238. The number of benzene rings is 2. The second-order valence-corrected chi connectivity index (χ2v) is 8.46. The molecule has 0 bridgehead atoms. The fraction of sp³-hybridized carbons (Fsp3) is 0.308. The van der Waals surface area contributed by atoms with Crippen LogP contribution in [0.1, 0.15) is 41.9 Å². The van der Waals surface area contributed by atoms with Gasteiger partial charge in [-0.25, -0.2) is 0 Å². The van der Waals surface area contributed by atoms with Crippen LogP contribution in [0.2, 0.25) is 0 Å². The van der Waals surface area contributed by atoms with Crippen LogP contribution in [0.25, 0.3) is 11.3 Å². The highest BCUT2D eigenvalue weighted by molar-refractivity contribution is 6.06. The van der Waals surface area contributed by atoms with Gasteiger partial charge in [-0.15, -0.1) is 0 Å². The molecule has 0 saturated heterocycles. The third-order valence-electron chi connectivity index (χ3n) is 5.56. The molecular weight excluding hydrogens is 404 g/mol. The molecule has 2 amide bonds. The van der Waals surface area contributed by atoms with E-state index in [4.69, 9.17) is 9.15 Å². The molecule has 1 aliphatic rings. The van der Waals surface area contributed by atoms with Crippen molar-refractivity contribution in [1.29, 1.82) is 0 Å². The summed E-state index contributed by atoms with van der Waals surface area (Å²) in [6, 6.07) is 16.7. The summed E-state index contributed by atoms with van der Waals surface area (Å²) in [6.07, 6.45) is 1.28. The molecule has 0 spiro atoms. The molecule has 6 heteroatoms. The van der Waals surface area contributed by atoms with E-state index in [0.29, 0.717) is 48.8 Å². The van der Waals surface area contributed by atoms with Crippen LogP contribution in [0.3, 0.4) is 0 Å². The van der Waals surface area contributed by atoms with Crippen LogP contribution in [0.15, 0.2) is 59.0 Å². The number of hydrogen-bond donors (Lipinski definition) is 1. The van der Waals surface area contributed by atoms with Gasteiger partial charge >= 0.3 is 0 Å². The van der Waals surface area contributed by atoms with Crippen LogP contribution >= 0.6 is 0 Å². The number of nitrogens with one attached hydrogen (secondary N) is 1. The van der Waals surface area contributed by atoms with Crippen molar-refractivity contribution >= 4 is 17.5 Å². The average molecular weight is 433 g/mol. The number of fused-ring (bicyclic) bond motifs is 1. The summed E-state index contributed by atoms with van der Waals surface area (Å²) in [5.74, 6) is 2.49. The summed E-state index contributed by atoms with van der Waals surface area (Å²) in [5, 5.41) is 2.93. The van der Waals surface area contributed by atoms with Crippen molar-refractivity contribution < 1.29 is 18.7 Å². The fourth-order valence-corrected chi connectivity index (χ4v) is 3.95. The van der Waals surface area contributed by atoms with E-state index in [-0.39, 0.29) is 11.8 Å². The van der Waals surface area contributed by atoms with Crippen LogP contribution in [0.4, 0.5) is 5.69 Å². The smallest absolute Gasteiger partial charge is 0.259 e. The van der Waals surface area contributed by atoms with Gasteiger partial charge in [0, 0.05) is 42.7 Å². The van der Waals surface area contributed by atoms with Gasteiger partial charge in [-0.2, -0.15) is 0 Å². The number of amides is 2. The molecule has 1 aromatic heterocycles. The highest BCUT2D eigenvalue weighted by Gasteiger charge is 2.25. The largest absolute Gasteiger partial charge is 0.496 e. The van der Waals surface area contributed by atoms with Crippen molar-refractivity contribution in [2.75, 3.05) is 19.0 Å². The Morgan fingerprint density at radius 1 is 1.12 bits per heavy atom. The molecule has 166 valence electrons. The lowest BCUT2D eigenvalue weighted by molar-refractivity contribution is -0.132. The third-order valence-corrected chi connectivity index (χ3v) is 5.56. The molecule has 3 aromatic rings. The summed E-state index contributed by atoms with van der Waals surface area (Å²) in [7, 11) is 1.54. The number of anilines is 1. The number of ether oxygens (including phenoxy) is 1. The SMILES string of the molecule is COc1ccccc1C(=O)Nc1cccc(-c2cc3c(o2)CCN(C(=O)CC(C)C)C3)c1. The van der Waals surface area contributed by atoms with Crippen LogP contribution < -0.4 is 10.1 Å². The summed E-state index contributed by atoms with van der Waals surface area (Å²) < 4.78 is 11.4. The zero-order valence-corrected chi connectivity index (χ0v) is 18.7. The predicted octanol–water partition coefficient (Wildman–Crippen LogP) is 5.14.